The molecule has 1 N–H and O–H groups in total. The number of benzene rings is 2. The lowest BCUT2D eigenvalue weighted by Gasteiger charge is -2.31. The van der Waals surface area contributed by atoms with Gasteiger partial charge < -0.3 is 9.88 Å². The molecule has 33 heavy (non-hydrogen) atoms. The number of rotatable bonds is 6. The van der Waals surface area contributed by atoms with Gasteiger partial charge in [0.15, 0.2) is 0 Å². The number of amides is 1. The van der Waals surface area contributed by atoms with Crippen LogP contribution in [0, 0.1) is 11.7 Å². The highest BCUT2D eigenvalue weighted by Gasteiger charge is 2.33. The fourth-order valence-electron chi connectivity index (χ4n) is 3.98. The molecule has 0 aliphatic carbocycles. The van der Waals surface area contributed by atoms with Crippen LogP contribution in [0.4, 0.5) is 4.39 Å². The van der Waals surface area contributed by atoms with Gasteiger partial charge in [-0.15, -0.1) is 0 Å². The highest BCUT2D eigenvalue weighted by molar-refractivity contribution is 7.89. The summed E-state index contributed by atoms with van der Waals surface area (Å²) in [5.74, 6) is -0.300. The molecule has 10 heteroatoms. The fourth-order valence-corrected chi connectivity index (χ4v) is 5.58. The van der Waals surface area contributed by atoms with E-state index in [1.54, 1.807) is 18.3 Å². The number of carbonyl (C=O) groups excluding carboxylic acids is 1. The summed E-state index contributed by atoms with van der Waals surface area (Å²) in [6, 6.07) is 11.5. The lowest BCUT2D eigenvalue weighted by atomic mass is 9.96. The van der Waals surface area contributed by atoms with E-state index < -0.39 is 21.9 Å². The average Bonchev–Trinajstić information content (AvgIpc) is 3.24. The summed E-state index contributed by atoms with van der Waals surface area (Å²) in [4.78, 5) is 17.6. The Kier molecular flexibility index (Phi) is 6.83. The normalized spacial score (nSPS) is 16.5. The number of imidazole rings is 1. The molecule has 174 valence electrons. The van der Waals surface area contributed by atoms with Gasteiger partial charge in [0.25, 0.3) is 0 Å². The Morgan fingerprint density at radius 1 is 1.12 bits per heavy atom. The molecule has 1 aliphatic heterocycles. The Morgan fingerprint density at radius 3 is 2.33 bits per heavy atom. The standard InChI is InChI=1S/C23H24ClFN4O3S/c1-28-15-12-26-22(28)21(16-2-4-18(24)5-3-16)27-23(30)17-10-13-29(14-11-17)33(31,32)20-8-6-19(25)7-9-20/h2-9,12,15,17,21H,10-11,13-14H2,1H3,(H,27,30)/t21-/m0/s1. The summed E-state index contributed by atoms with van der Waals surface area (Å²) in [7, 11) is -1.87. The number of hydrogen-bond donors (Lipinski definition) is 1. The maximum Gasteiger partial charge on any atom is 0.243 e. The third-order valence-corrected chi connectivity index (χ3v) is 8.05. The molecule has 0 bridgehead atoms. The van der Waals surface area contributed by atoms with Crippen LogP contribution < -0.4 is 5.32 Å². The van der Waals surface area contributed by atoms with Gasteiger partial charge >= 0.3 is 0 Å². The third-order valence-electron chi connectivity index (χ3n) is 5.88. The smallest absolute Gasteiger partial charge is 0.243 e. The van der Waals surface area contributed by atoms with E-state index in [2.05, 4.69) is 10.3 Å². The zero-order chi connectivity index (χ0) is 23.6. The summed E-state index contributed by atoms with van der Waals surface area (Å²) in [5.41, 5.74) is 0.846. The van der Waals surface area contributed by atoms with E-state index in [9.17, 15) is 17.6 Å². The van der Waals surface area contributed by atoms with Gasteiger partial charge in [0.05, 0.1) is 4.90 Å². The molecule has 7 nitrogen and oxygen atoms in total. The molecule has 2 aromatic carbocycles. The maximum atomic E-state index is 13.2. The van der Waals surface area contributed by atoms with E-state index in [1.165, 1.54) is 16.4 Å². The van der Waals surface area contributed by atoms with E-state index in [4.69, 9.17) is 11.6 Å². The first-order valence-corrected chi connectivity index (χ1v) is 12.4. The summed E-state index contributed by atoms with van der Waals surface area (Å²) < 4.78 is 42.0. The molecule has 4 rings (SSSR count). The van der Waals surface area contributed by atoms with Crippen molar-refractivity contribution in [1.82, 2.24) is 19.2 Å². The van der Waals surface area contributed by atoms with Crippen LogP contribution in [0.15, 0.2) is 65.8 Å². The van der Waals surface area contributed by atoms with Gasteiger partial charge in [0.2, 0.25) is 15.9 Å². The molecule has 1 amide bonds. The van der Waals surface area contributed by atoms with Crippen molar-refractivity contribution in [2.45, 2.75) is 23.8 Å². The number of sulfonamides is 1. The number of carbonyl (C=O) groups is 1. The molecule has 1 saturated heterocycles. The van der Waals surface area contributed by atoms with E-state index >= 15 is 0 Å². The van der Waals surface area contributed by atoms with Crippen molar-refractivity contribution < 1.29 is 17.6 Å². The summed E-state index contributed by atoms with van der Waals surface area (Å²) in [5, 5.41) is 3.68. The van der Waals surface area contributed by atoms with Gasteiger partial charge in [-0.1, -0.05) is 23.7 Å². The monoisotopic (exact) mass is 490 g/mol. The number of halogens is 2. The predicted octanol–water partition coefficient (Wildman–Crippen LogP) is 3.52. The predicted molar refractivity (Wildman–Crippen MR) is 123 cm³/mol. The second-order valence-electron chi connectivity index (χ2n) is 8.02. The van der Waals surface area contributed by atoms with Crippen LogP contribution in [0.1, 0.15) is 30.3 Å². The first-order chi connectivity index (χ1) is 15.8. The van der Waals surface area contributed by atoms with Gasteiger partial charge in [-0.2, -0.15) is 4.31 Å². The first kappa shape index (κ1) is 23.4. The summed E-state index contributed by atoms with van der Waals surface area (Å²) in [6.07, 6.45) is 4.26. The van der Waals surface area contributed by atoms with E-state index in [-0.39, 0.29) is 29.8 Å². The molecule has 0 unspecified atom stereocenters. The van der Waals surface area contributed by atoms with Crippen LogP contribution >= 0.6 is 11.6 Å². The molecule has 1 atom stereocenters. The molecular formula is C23H24ClFN4O3S. The van der Waals surface area contributed by atoms with Crippen molar-refractivity contribution >= 4 is 27.5 Å². The zero-order valence-corrected chi connectivity index (χ0v) is 19.6. The number of piperidine rings is 1. The largest absolute Gasteiger partial charge is 0.342 e. The SMILES string of the molecule is Cn1ccnc1[C@@H](NC(=O)C1CCN(S(=O)(=O)c2ccc(F)cc2)CC1)c1ccc(Cl)cc1. The molecule has 0 saturated carbocycles. The number of hydrogen-bond acceptors (Lipinski definition) is 4. The molecule has 1 aromatic heterocycles. The highest BCUT2D eigenvalue weighted by Crippen LogP contribution is 2.27. The van der Waals surface area contributed by atoms with Crippen molar-refractivity contribution in [1.29, 1.82) is 0 Å². The molecule has 2 heterocycles. The quantitative estimate of drug-likeness (QED) is 0.573. The minimum atomic E-state index is -3.73. The van der Waals surface area contributed by atoms with Crippen molar-refractivity contribution in [2.24, 2.45) is 13.0 Å². The number of nitrogens with zero attached hydrogens (tertiary/aromatic N) is 3. The Labute approximate surface area is 197 Å². The van der Waals surface area contributed by atoms with Crippen LogP contribution in [-0.4, -0.2) is 41.3 Å². The molecule has 0 radical (unpaired) electrons. The summed E-state index contributed by atoms with van der Waals surface area (Å²) in [6.45, 7) is 0.428. The van der Waals surface area contributed by atoms with Gasteiger partial charge in [0.1, 0.15) is 17.7 Å². The van der Waals surface area contributed by atoms with Gasteiger partial charge in [-0.3, -0.25) is 4.79 Å². The average molecular weight is 491 g/mol. The minimum absolute atomic E-state index is 0.0457. The van der Waals surface area contributed by atoms with Crippen LogP contribution in [0.25, 0.3) is 0 Å². The molecule has 1 fully saturated rings. The zero-order valence-electron chi connectivity index (χ0n) is 18.0. The Balaban J connectivity index is 1.45. The van der Waals surface area contributed by atoms with Crippen molar-refractivity contribution in [2.75, 3.05) is 13.1 Å². The molecule has 1 aliphatic rings. The lowest BCUT2D eigenvalue weighted by Crippen LogP contribution is -2.44. The topological polar surface area (TPSA) is 84.3 Å². The molecule has 3 aromatic rings. The number of nitrogens with one attached hydrogen (secondary N) is 1. The lowest BCUT2D eigenvalue weighted by molar-refractivity contribution is -0.126. The molecular weight excluding hydrogens is 467 g/mol. The summed E-state index contributed by atoms with van der Waals surface area (Å²) >= 11 is 6.02. The highest BCUT2D eigenvalue weighted by atomic mass is 35.5. The van der Waals surface area contributed by atoms with Gasteiger partial charge in [0, 0.05) is 43.5 Å². The molecule has 0 spiro atoms. The van der Waals surface area contributed by atoms with Crippen molar-refractivity contribution in [3.63, 3.8) is 0 Å². The second kappa shape index (κ2) is 9.62. The van der Waals surface area contributed by atoms with E-state index in [0.29, 0.717) is 23.7 Å². The second-order valence-corrected chi connectivity index (χ2v) is 10.4. The van der Waals surface area contributed by atoms with Crippen LogP contribution in [0.3, 0.4) is 0 Å². The number of aromatic nitrogens is 2. The Bertz CT molecular complexity index is 1220. The van der Waals surface area contributed by atoms with Crippen molar-refractivity contribution in [3.05, 3.63) is 83.2 Å². The van der Waals surface area contributed by atoms with Crippen molar-refractivity contribution in [3.8, 4) is 0 Å². The van der Waals surface area contributed by atoms with Gasteiger partial charge in [-0.05, 0) is 54.8 Å². The third kappa shape index (κ3) is 5.10. The van der Waals surface area contributed by atoms with Crippen LogP contribution in [-0.2, 0) is 21.9 Å². The minimum Gasteiger partial charge on any atom is -0.342 e. The fraction of sp³-hybridized carbons (Fsp3) is 0.304. The van der Waals surface area contributed by atoms with Crippen LogP contribution in [0.5, 0.6) is 0 Å². The Morgan fingerprint density at radius 2 is 1.76 bits per heavy atom. The van der Waals surface area contributed by atoms with Gasteiger partial charge in [-0.25, -0.2) is 17.8 Å². The van der Waals surface area contributed by atoms with Crippen LogP contribution in [0.2, 0.25) is 5.02 Å². The first-order valence-electron chi connectivity index (χ1n) is 10.5. The maximum absolute atomic E-state index is 13.2. The number of aryl methyl sites for hydroxylation is 1. The van der Waals surface area contributed by atoms with E-state index in [0.717, 1.165) is 17.7 Å². The Hall–Kier alpha value is -2.75. The van der Waals surface area contributed by atoms with E-state index in [1.807, 2.05) is 29.9 Å².